The van der Waals surface area contributed by atoms with E-state index >= 15 is 0 Å². The second kappa shape index (κ2) is 10.7. The number of fused-ring (bicyclic) bond motifs is 2. The van der Waals surface area contributed by atoms with Crippen molar-refractivity contribution in [3.8, 4) is 0 Å². The van der Waals surface area contributed by atoms with Gasteiger partial charge in [0.1, 0.15) is 23.3 Å². The number of carbonyl (C=O) groups excluding carboxylic acids is 2. The summed E-state index contributed by atoms with van der Waals surface area (Å²) in [5, 5.41) is 3.67. The molecule has 39 heavy (non-hydrogen) atoms. The van der Waals surface area contributed by atoms with Crippen molar-refractivity contribution in [3.63, 3.8) is 0 Å². The van der Waals surface area contributed by atoms with Crippen molar-refractivity contribution in [2.45, 2.75) is 31.7 Å². The number of anilines is 2. The monoisotopic (exact) mass is 548 g/mol. The van der Waals surface area contributed by atoms with Gasteiger partial charge in [-0.25, -0.2) is 9.97 Å². The fraction of sp³-hybridized carbons (Fsp3) is 0.370. The molecule has 11 nitrogen and oxygen atoms in total. The number of halogens is 1. The fourth-order valence-corrected chi connectivity index (χ4v) is 5.56. The minimum atomic E-state index is -0.454. The molecule has 5 heterocycles. The largest absolute Gasteiger partial charge is 0.423 e. The number of piperidine rings is 1. The van der Waals surface area contributed by atoms with Crippen LogP contribution >= 0.6 is 11.6 Å². The zero-order chi connectivity index (χ0) is 26.9. The van der Waals surface area contributed by atoms with Gasteiger partial charge >= 0.3 is 6.01 Å². The van der Waals surface area contributed by atoms with Crippen LogP contribution in [0.1, 0.15) is 42.1 Å². The fourth-order valence-electron chi connectivity index (χ4n) is 5.40. The van der Waals surface area contributed by atoms with Crippen molar-refractivity contribution >= 4 is 57.4 Å². The number of nitrogens with one attached hydrogen (secondary N) is 1. The number of oxazole rings is 1. The summed E-state index contributed by atoms with van der Waals surface area (Å²) in [5.41, 5.74) is 8.07. The highest BCUT2D eigenvalue weighted by Crippen LogP contribution is 2.32. The molecule has 0 spiro atoms. The lowest BCUT2D eigenvalue weighted by molar-refractivity contribution is -0.125. The first-order valence-electron chi connectivity index (χ1n) is 13.1. The van der Waals surface area contributed by atoms with Crippen LogP contribution in [0.5, 0.6) is 0 Å². The second-order valence-electron chi connectivity index (χ2n) is 9.98. The van der Waals surface area contributed by atoms with Gasteiger partial charge in [0, 0.05) is 36.9 Å². The molecule has 2 saturated heterocycles. The van der Waals surface area contributed by atoms with Gasteiger partial charge in [-0.3, -0.25) is 19.8 Å². The van der Waals surface area contributed by atoms with E-state index in [0.29, 0.717) is 45.8 Å². The highest BCUT2D eigenvalue weighted by atomic mass is 35.5. The maximum atomic E-state index is 13.3. The molecule has 0 radical (unpaired) electrons. The number of likely N-dealkylation sites (tertiary alicyclic amines) is 2. The summed E-state index contributed by atoms with van der Waals surface area (Å²) in [6.07, 6.45) is 11.2. The number of nitrogens with zero attached hydrogens (tertiary/aromatic N) is 6. The van der Waals surface area contributed by atoms with E-state index in [1.165, 1.54) is 25.6 Å². The number of hydrogen-bond acceptors (Lipinski definition) is 8. The minimum absolute atomic E-state index is 0.00543. The zero-order valence-electron chi connectivity index (χ0n) is 21.3. The van der Waals surface area contributed by atoms with Crippen LogP contribution in [0.3, 0.4) is 0 Å². The van der Waals surface area contributed by atoms with Crippen molar-refractivity contribution in [3.05, 3.63) is 53.5 Å². The molecule has 2 amide bonds. The van der Waals surface area contributed by atoms with Gasteiger partial charge in [0.2, 0.25) is 5.91 Å². The van der Waals surface area contributed by atoms with Crippen LogP contribution in [0.2, 0.25) is 5.02 Å². The maximum Gasteiger partial charge on any atom is 0.302 e. The molecule has 1 aromatic carbocycles. The van der Waals surface area contributed by atoms with Gasteiger partial charge in [0.15, 0.2) is 5.58 Å². The number of nitrogen functional groups attached to an aromatic ring is 1. The SMILES string of the molecule is Nc1ncnc2c1c(C(=O)Nc1nc3cc(Cl)ccc3o1)cn2C1CCN(C(=O)C=CCN2CCCCC2)C1. The average Bonchev–Trinajstić information content (AvgIpc) is 3.66. The molecule has 202 valence electrons. The van der Waals surface area contributed by atoms with E-state index in [0.717, 1.165) is 26.1 Å². The van der Waals surface area contributed by atoms with Crippen LogP contribution in [-0.2, 0) is 4.79 Å². The molecule has 12 heteroatoms. The number of carbonyl (C=O) groups is 2. The third-order valence-electron chi connectivity index (χ3n) is 7.39. The summed E-state index contributed by atoms with van der Waals surface area (Å²) >= 11 is 6.03. The molecular weight excluding hydrogens is 520 g/mol. The highest BCUT2D eigenvalue weighted by molar-refractivity contribution is 6.31. The Morgan fingerprint density at radius 3 is 2.87 bits per heavy atom. The molecule has 3 N–H and O–H groups in total. The molecule has 1 atom stereocenters. The second-order valence-corrected chi connectivity index (χ2v) is 10.4. The quantitative estimate of drug-likeness (QED) is 0.347. The van der Waals surface area contributed by atoms with Crippen LogP contribution in [0.15, 0.2) is 47.3 Å². The third kappa shape index (κ3) is 5.19. The predicted octanol–water partition coefficient (Wildman–Crippen LogP) is 3.88. The summed E-state index contributed by atoms with van der Waals surface area (Å²) in [4.78, 5) is 43.2. The van der Waals surface area contributed by atoms with E-state index in [9.17, 15) is 9.59 Å². The molecule has 0 aliphatic carbocycles. The Morgan fingerprint density at radius 1 is 1.18 bits per heavy atom. The van der Waals surface area contributed by atoms with Crippen molar-refractivity contribution in [1.29, 1.82) is 0 Å². The summed E-state index contributed by atoms with van der Waals surface area (Å²) < 4.78 is 7.57. The van der Waals surface area contributed by atoms with Gasteiger partial charge in [0.25, 0.3) is 5.91 Å². The van der Waals surface area contributed by atoms with Crippen LogP contribution < -0.4 is 11.1 Å². The van der Waals surface area contributed by atoms with Crippen LogP contribution in [0, 0.1) is 0 Å². The van der Waals surface area contributed by atoms with Crippen molar-refractivity contribution < 1.29 is 14.0 Å². The van der Waals surface area contributed by atoms with Crippen LogP contribution in [0.4, 0.5) is 11.8 Å². The average molecular weight is 549 g/mol. The van der Waals surface area contributed by atoms with Gasteiger partial charge in [0.05, 0.1) is 17.0 Å². The number of hydrogen-bond donors (Lipinski definition) is 2. The van der Waals surface area contributed by atoms with Crippen molar-refractivity contribution in [2.75, 3.05) is 43.8 Å². The highest BCUT2D eigenvalue weighted by Gasteiger charge is 2.30. The van der Waals surface area contributed by atoms with E-state index in [1.807, 2.05) is 15.5 Å². The molecule has 6 rings (SSSR count). The summed E-state index contributed by atoms with van der Waals surface area (Å²) in [7, 11) is 0. The number of rotatable bonds is 6. The Hall–Kier alpha value is -3.96. The van der Waals surface area contributed by atoms with Crippen LogP contribution in [0.25, 0.3) is 22.1 Å². The number of amides is 2. The Bertz CT molecular complexity index is 1570. The zero-order valence-corrected chi connectivity index (χ0v) is 22.1. The molecule has 2 aliphatic heterocycles. The first-order valence-corrected chi connectivity index (χ1v) is 13.5. The molecule has 2 aliphatic rings. The van der Waals surface area contributed by atoms with E-state index in [2.05, 4.69) is 25.2 Å². The number of nitrogens with two attached hydrogens (primary N) is 1. The van der Waals surface area contributed by atoms with E-state index in [-0.39, 0.29) is 23.8 Å². The Labute approximate surface area is 229 Å². The Morgan fingerprint density at radius 2 is 2.03 bits per heavy atom. The van der Waals surface area contributed by atoms with Gasteiger partial charge < -0.3 is 19.6 Å². The number of benzene rings is 1. The molecular formula is C27H29ClN8O3. The van der Waals surface area contributed by atoms with E-state index < -0.39 is 5.91 Å². The third-order valence-corrected chi connectivity index (χ3v) is 7.63. The van der Waals surface area contributed by atoms with E-state index in [4.69, 9.17) is 21.8 Å². The lowest BCUT2D eigenvalue weighted by Gasteiger charge is -2.24. The predicted molar refractivity (Wildman–Crippen MR) is 149 cm³/mol. The van der Waals surface area contributed by atoms with Gasteiger partial charge in [-0.15, -0.1) is 0 Å². The molecule has 3 aromatic heterocycles. The maximum absolute atomic E-state index is 13.3. The smallest absolute Gasteiger partial charge is 0.302 e. The Balaban J connectivity index is 1.19. The first kappa shape index (κ1) is 25.3. The first-order chi connectivity index (χ1) is 19.0. The summed E-state index contributed by atoms with van der Waals surface area (Å²) in [6.45, 7) is 4.10. The molecule has 0 saturated carbocycles. The number of aromatic nitrogens is 4. The lowest BCUT2D eigenvalue weighted by atomic mass is 10.1. The Kier molecular flexibility index (Phi) is 6.92. The van der Waals surface area contributed by atoms with Crippen molar-refractivity contribution in [2.24, 2.45) is 0 Å². The lowest BCUT2D eigenvalue weighted by Crippen LogP contribution is -2.30. The van der Waals surface area contributed by atoms with E-state index in [1.54, 1.807) is 30.5 Å². The normalized spacial score (nSPS) is 18.5. The minimum Gasteiger partial charge on any atom is -0.423 e. The van der Waals surface area contributed by atoms with Gasteiger partial charge in [-0.1, -0.05) is 24.1 Å². The molecule has 1 unspecified atom stereocenters. The molecule has 4 aromatic rings. The van der Waals surface area contributed by atoms with Gasteiger partial charge in [-0.05, 0) is 50.6 Å². The summed E-state index contributed by atoms with van der Waals surface area (Å²) in [6, 6.07) is 5.02. The standard InChI is InChI=1S/C27H29ClN8O3/c28-17-6-7-21-20(13-17)32-27(39-21)33-26(38)19-15-36(25-23(19)24(29)30-16-31-25)18-8-12-35(14-18)22(37)5-4-11-34-9-2-1-3-10-34/h4-7,13,15-16,18H,1-3,8-12,14H2,(H2,29,30,31)(H,32,33,38). The topological polar surface area (TPSA) is 135 Å². The summed E-state index contributed by atoms with van der Waals surface area (Å²) in [5.74, 6) is -0.265. The van der Waals surface area contributed by atoms with Gasteiger partial charge in [-0.2, -0.15) is 4.98 Å². The molecule has 0 bridgehead atoms. The van der Waals surface area contributed by atoms with Crippen LogP contribution in [-0.4, -0.2) is 73.9 Å². The molecule has 2 fully saturated rings. The van der Waals surface area contributed by atoms with Crippen molar-refractivity contribution in [1.82, 2.24) is 29.3 Å².